The molecule has 1 aliphatic rings. The molecule has 3 N–H and O–H groups in total. The van der Waals surface area contributed by atoms with E-state index in [1.807, 2.05) is 33.8 Å². The lowest BCUT2D eigenvalue weighted by molar-refractivity contribution is -0.200. The van der Waals surface area contributed by atoms with Crippen LogP contribution in [-0.4, -0.2) is 47.1 Å². The van der Waals surface area contributed by atoms with Gasteiger partial charge in [0.15, 0.2) is 11.5 Å². The van der Waals surface area contributed by atoms with Crippen LogP contribution in [0.4, 0.5) is 0 Å². The fourth-order valence-corrected chi connectivity index (χ4v) is 3.58. The van der Waals surface area contributed by atoms with Crippen molar-refractivity contribution in [2.24, 2.45) is 5.41 Å². The molecule has 0 radical (unpaired) electrons. The quantitative estimate of drug-likeness (QED) is 0.359. The first kappa shape index (κ1) is 25.8. The highest BCUT2D eigenvalue weighted by atomic mass is 35.5. The Morgan fingerprint density at radius 1 is 1.15 bits per heavy atom. The maximum absolute atomic E-state index is 12.6. The molecule has 1 heterocycles. The minimum absolute atomic E-state index is 0.0133. The van der Waals surface area contributed by atoms with Gasteiger partial charge in [0.05, 0.1) is 12.7 Å². The summed E-state index contributed by atoms with van der Waals surface area (Å²) in [6, 6.07) is 12.0. The highest BCUT2D eigenvalue weighted by molar-refractivity contribution is 6.30. The van der Waals surface area contributed by atoms with Gasteiger partial charge in [-0.15, -0.1) is 0 Å². The lowest BCUT2D eigenvalue weighted by atomic mass is 9.99. The molecule has 1 unspecified atom stereocenters. The Morgan fingerprint density at radius 3 is 2.50 bits per heavy atom. The number of halogens is 1. The van der Waals surface area contributed by atoms with Gasteiger partial charge in [-0.25, -0.2) is 9.59 Å². The van der Waals surface area contributed by atoms with E-state index in [4.69, 9.17) is 25.8 Å². The molecule has 0 saturated carbocycles. The number of benzene rings is 2. The number of aliphatic hydroxyl groups excluding tert-OH is 1. The zero-order valence-electron chi connectivity index (χ0n) is 19.6. The van der Waals surface area contributed by atoms with E-state index in [0.717, 1.165) is 11.1 Å². The molecular weight excluding hydrogens is 462 g/mol. The number of carbonyl (C=O) groups excluding carboxylic acids is 1. The van der Waals surface area contributed by atoms with Gasteiger partial charge in [-0.05, 0) is 54.2 Å². The maximum Gasteiger partial charge on any atom is 0.453 e. The van der Waals surface area contributed by atoms with Crippen LogP contribution < -0.4 is 14.8 Å². The number of aliphatic hydroxyl groups is 1. The van der Waals surface area contributed by atoms with Crippen LogP contribution in [0.2, 0.25) is 5.02 Å². The number of aliphatic carboxylic acids is 1. The molecule has 184 valence electrons. The minimum atomic E-state index is -2.57. The van der Waals surface area contributed by atoms with E-state index >= 15 is 0 Å². The molecule has 1 aliphatic heterocycles. The molecule has 0 spiro atoms. The molecule has 3 atom stereocenters. The number of carboxylic acid groups (broad SMARTS) is 1. The molecule has 2 aromatic rings. The molecule has 0 bridgehead atoms. The third-order valence-corrected chi connectivity index (χ3v) is 5.37. The Labute approximate surface area is 203 Å². The monoisotopic (exact) mass is 491 g/mol. The zero-order chi connectivity index (χ0) is 25.1. The molecule has 0 amide bonds. The van der Waals surface area contributed by atoms with Gasteiger partial charge in [-0.1, -0.05) is 50.6 Å². The topological polar surface area (TPSA) is 114 Å². The Kier molecular flexibility index (Phi) is 7.75. The Balaban J connectivity index is 1.62. The van der Waals surface area contributed by atoms with Crippen LogP contribution >= 0.6 is 11.6 Å². The minimum Gasteiger partial charge on any atom is -0.475 e. The van der Waals surface area contributed by atoms with Crippen molar-refractivity contribution < 1.29 is 34.0 Å². The summed E-state index contributed by atoms with van der Waals surface area (Å²) >= 11 is 5.98. The summed E-state index contributed by atoms with van der Waals surface area (Å²) in [5.74, 6) is -4.97. The van der Waals surface area contributed by atoms with E-state index in [1.54, 1.807) is 36.4 Å². The van der Waals surface area contributed by atoms with E-state index in [9.17, 15) is 19.8 Å². The second-order valence-corrected chi connectivity index (χ2v) is 10.1. The summed E-state index contributed by atoms with van der Waals surface area (Å²) in [7, 11) is 0. The van der Waals surface area contributed by atoms with Crippen LogP contribution in [0.15, 0.2) is 42.5 Å². The van der Waals surface area contributed by atoms with Gasteiger partial charge in [0.2, 0.25) is 0 Å². The van der Waals surface area contributed by atoms with E-state index < -0.39 is 23.8 Å². The van der Waals surface area contributed by atoms with E-state index in [0.29, 0.717) is 18.0 Å². The predicted molar refractivity (Wildman–Crippen MR) is 126 cm³/mol. The van der Waals surface area contributed by atoms with Gasteiger partial charge >= 0.3 is 17.7 Å². The van der Waals surface area contributed by atoms with Gasteiger partial charge in [-0.2, -0.15) is 0 Å². The van der Waals surface area contributed by atoms with Crippen LogP contribution in [0.1, 0.15) is 44.9 Å². The second kappa shape index (κ2) is 10.2. The summed E-state index contributed by atoms with van der Waals surface area (Å²) in [6.07, 6.45) is -0.152. The standard InChI is InChI=1S/C25H30ClNO7/c1-15(27-13-19(28)17-6-5-7-18(26)12-17)10-16-8-9-20-21(11-16)34-25(33-20,22(29)30)23(31)32-14-24(2,3)4/h5-9,11-12,15,19,27-28H,10,13-14H2,1-4H3,(H,29,30)/t15-,19+,25?/m1/s1. The number of hydrogen-bond donors (Lipinski definition) is 3. The highest BCUT2D eigenvalue weighted by Gasteiger charge is 2.59. The van der Waals surface area contributed by atoms with Gasteiger partial charge in [0.25, 0.3) is 0 Å². The number of carboxylic acids is 1. The number of fused-ring (bicyclic) bond motifs is 1. The summed E-state index contributed by atoms with van der Waals surface area (Å²) in [6.45, 7) is 7.87. The van der Waals surface area contributed by atoms with E-state index in [1.165, 1.54) is 0 Å². The lowest BCUT2D eigenvalue weighted by Crippen LogP contribution is -2.55. The van der Waals surface area contributed by atoms with Crippen LogP contribution in [0, 0.1) is 5.41 Å². The second-order valence-electron chi connectivity index (χ2n) is 9.63. The number of nitrogens with one attached hydrogen (secondary N) is 1. The normalized spacial score (nSPS) is 18.9. The molecule has 0 aromatic heterocycles. The fourth-order valence-electron chi connectivity index (χ4n) is 3.38. The highest BCUT2D eigenvalue weighted by Crippen LogP contribution is 2.41. The smallest absolute Gasteiger partial charge is 0.453 e. The van der Waals surface area contributed by atoms with Crippen molar-refractivity contribution in [3.8, 4) is 11.5 Å². The Hall–Kier alpha value is -2.81. The van der Waals surface area contributed by atoms with Crippen molar-refractivity contribution in [3.05, 3.63) is 58.6 Å². The molecule has 9 heteroatoms. The summed E-state index contributed by atoms with van der Waals surface area (Å²) in [4.78, 5) is 24.5. The van der Waals surface area contributed by atoms with Crippen molar-refractivity contribution >= 4 is 23.5 Å². The first-order valence-corrected chi connectivity index (χ1v) is 11.4. The zero-order valence-corrected chi connectivity index (χ0v) is 20.4. The molecule has 3 rings (SSSR count). The Morgan fingerprint density at radius 2 is 1.85 bits per heavy atom. The average Bonchev–Trinajstić information content (AvgIpc) is 3.15. The third kappa shape index (κ3) is 6.20. The molecule has 8 nitrogen and oxygen atoms in total. The SMILES string of the molecule is C[C@H](Cc1ccc2c(c1)OC(C(=O)O)(C(=O)OCC(C)(C)C)O2)NC[C@H](O)c1cccc(Cl)c1. The molecule has 0 fully saturated rings. The van der Waals surface area contributed by atoms with E-state index in [-0.39, 0.29) is 29.6 Å². The number of rotatable bonds is 9. The molecule has 0 saturated heterocycles. The Bertz CT molecular complexity index is 1050. The van der Waals surface area contributed by atoms with Crippen molar-refractivity contribution in [1.82, 2.24) is 5.32 Å². The van der Waals surface area contributed by atoms with Crippen LogP contribution in [0.3, 0.4) is 0 Å². The number of ether oxygens (including phenoxy) is 3. The number of carbonyl (C=O) groups is 2. The van der Waals surface area contributed by atoms with Crippen LogP contribution in [0.5, 0.6) is 11.5 Å². The van der Waals surface area contributed by atoms with Crippen molar-refractivity contribution in [2.45, 2.75) is 52.0 Å². The third-order valence-electron chi connectivity index (χ3n) is 5.14. The predicted octanol–water partition coefficient (Wildman–Crippen LogP) is 3.74. The summed E-state index contributed by atoms with van der Waals surface area (Å²) in [5, 5.41) is 23.9. The molecule has 2 aromatic carbocycles. The molecular formula is C25H30ClNO7. The van der Waals surface area contributed by atoms with Gasteiger partial charge in [-0.3, -0.25) is 0 Å². The van der Waals surface area contributed by atoms with Crippen molar-refractivity contribution in [3.63, 3.8) is 0 Å². The van der Waals surface area contributed by atoms with Gasteiger partial charge in [0, 0.05) is 17.6 Å². The maximum atomic E-state index is 12.6. The lowest BCUT2D eigenvalue weighted by Gasteiger charge is -2.23. The van der Waals surface area contributed by atoms with E-state index in [2.05, 4.69) is 5.32 Å². The summed E-state index contributed by atoms with van der Waals surface area (Å²) < 4.78 is 16.1. The number of esters is 1. The average molecular weight is 492 g/mol. The molecule has 0 aliphatic carbocycles. The van der Waals surface area contributed by atoms with Gasteiger partial charge < -0.3 is 29.7 Å². The number of hydrogen-bond acceptors (Lipinski definition) is 7. The fraction of sp³-hybridized carbons (Fsp3) is 0.440. The summed E-state index contributed by atoms with van der Waals surface area (Å²) in [5.41, 5.74) is 1.21. The first-order chi connectivity index (χ1) is 15.9. The van der Waals surface area contributed by atoms with Crippen molar-refractivity contribution in [2.75, 3.05) is 13.2 Å². The largest absolute Gasteiger partial charge is 0.475 e. The first-order valence-electron chi connectivity index (χ1n) is 11.0. The van der Waals surface area contributed by atoms with Crippen LogP contribution in [-0.2, 0) is 20.7 Å². The van der Waals surface area contributed by atoms with Crippen LogP contribution in [0.25, 0.3) is 0 Å². The molecule has 34 heavy (non-hydrogen) atoms. The van der Waals surface area contributed by atoms with Crippen molar-refractivity contribution in [1.29, 1.82) is 0 Å². The van der Waals surface area contributed by atoms with Gasteiger partial charge in [0.1, 0.15) is 0 Å².